The van der Waals surface area contributed by atoms with Crippen LogP contribution in [0.3, 0.4) is 0 Å². The molecule has 3 amide bonds. The molecule has 1 saturated heterocycles. The third kappa shape index (κ3) is 11.4. The first-order valence-corrected chi connectivity index (χ1v) is 19.9. The van der Waals surface area contributed by atoms with Gasteiger partial charge in [-0.3, -0.25) is 19.2 Å². The van der Waals surface area contributed by atoms with Crippen LogP contribution in [0.1, 0.15) is 102 Å². The molecule has 0 bridgehead atoms. The van der Waals surface area contributed by atoms with Crippen molar-refractivity contribution in [3.8, 4) is 0 Å². The van der Waals surface area contributed by atoms with Crippen molar-refractivity contribution in [2.75, 3.05) is 6.61 Å². The van der Waals surface area contributed by atoms with Gasteiger partial charge < -0.3 is 26.4 Å². The molecule has 0 spiro atoms. The Morgan fingerprint density at radius 3 is 1.98 bits per heavy atom. The standard InChI is InChI=1S/C42H59N7O5/c1-27(2)37(41(53)45-34(38(50)42(3)26-54-42)22-30-18-20-33(21-19-30)32-12-8-5-9-13-32)47-39(51)35(23-29-14-16-31(25-43)17-15-29)46-40(52)36(48-49-44)24-28-10-6-4-7-11-28/h4,6-7,10-11,14-17,27,30,32-37H,5,8-9,12-13,18-26,43H2,1-3H3,(H,45,53)(H,46,52)(H,47,51)/t30?,33?,34-,35-,36-,37-,42+/m0/s1. The lowest BCUT2D eigenvalue weighted by molar-refractivity contribution is -0.135. The van der Waals surface area contributed by atoms with E-state index in [1.165, 1.54) is 32.1 Å². The predicted molar refractivity (Wildman–Crippen MR) is 208 cm³/mol. The Balaban J connectivity index is 1.29. The largest absolute Gasteiger partial charge is 0.361 e. The Labute approximate surface area is 319 Å². The van der Waals surface area contributed by atoms with Crippen molar-refractivity contribution in [3.63, 3.8) is 0 Å². The molecule has 54 heavy (non-hydrogen) atoms. The van der Waals surface area contributed by atoms with Crippen molar-refractivity contribution in [1.82, 2.24) is 16.0 Å². The first kappa shape index (κ1) is 40.9. The summed E-state index contributed by atoms with van der Waals surface area (Å²) < 4.78 is 5.54. The highest BCUT2D eigenvalue weighted by Crippen LogP contribution is 2.41. The first-order chi connectivity index (χ1) is 26.0. The van der Waals surface area contributed by atoms with Gasteiger partial charge in [-0.2, -0.15) is 0 Å². The van der Waals surface area contributed by atoms with E-state index in [1.54, 1.807) is 6.92 Å². The minimum Gasteiger partial charge on any atom is -0.361 e. The average Bonchev–Trinajstić information content (AvgIpc) is 3.95. The number of nitrogens with one attached hydrogen (secondary N) is 3. The van der Waals surface area contributed by atoms with Crippen LogP contribution < -0.4 is 21.7 Å². The highest BCUT2D eigenvalue weighted by Gasteiger charge is 2.51. The zero-order valence-electron chi connectivity index (χ0n) is 32.2. The number of benzene rings is 2. The normalized spacial score (nSPS) is 23.6. The van der Waals surface area contributed by atoms with Crippen LogP contribution in [-0.4, -0.2) is 59.9 Å². The Morgan fingerprint density at radius 1 is 0.796 bits per heavy atom. The average molecular weight is 742 g/mol. The molecule has 2 saturated carbocycles. The minimum absolute atomic E-state index is 0.115. The number of nitrogens with zero attached hydrogens (tertiary/aromatic N) is 3. The molecule has 1 aliphatic heterocycles. The van der Waals surface area contributed by atoms with Gasteiger partial charge >= 0.3 is 0 Å². The predicted octanol–water partition coefficient (Wildman–Crippen LogP) is 5.85. The molecule has 0 radical (unpaired) electrons. The van der Waals surface area contributed by atoms with Crippen LogP contribution in [-0.2, 0) is 43.3 Å². The second kappa shape index (κ2) is 19.4. The van der Waals surface area contributed by atoms with E-state index in [4.69, 9.17) is 10.5 Å². The second-order valence-electron chi connectivity index (χ2n) is 16.3. The van der Waals surface area contributed by atoms with Gasteiger partial charge in [-0.15, -0.1) is 0 Å². The Hall–Kier alpha value is -4.25. The summed E-state index contributed by atoms with van der Waals surface area (Å²) in [6, 6.07) is 12.7. The minimum atomic E-state index is -1.10. The van der Waals surface area contributed by atoms with Gasteiger partial charge in [0.1, 0.15) is 23.7 Å². The van der Waals surface area contributed by atoms with Crippen molar-refractivity contribution in [3.05, 3.63) is 81.7 Å². The molecule has 5 N–H and O–H groups in total. The van der Waals surface area contributed by atoms with Crippen molar-refractivity contribution >= 4 is 23.5 Å². The lowest BCUT2D eigenvalue weighted by atomic mass is 9.70. The third-order valence-corrected chi connectivity index (χ3v) is 11.9. The number of hydrogen-bond acceptors (Lipinski definition) is 7. The van der Waals surface area contributed by atoms with Gasteiger partial charge in [0.25, 0.3) is 0 Å². The van der Waals surface area contributed by atoms with Gasteiger partial charge in [0, 0.05) is 17.9 Å². The maximum atomic E-state index is 14.1. The summed E-state index contributed by atoms with van der Waals surface area (Å²) in [4.78, 5) is 58.5. The lowest BCUT2D eigenvalue weighted by Gasteiger charge is -2.37. The number of nitrogens with two attached hydrogens (primary N) is 1. The number of carbonyl (C=O) groups excluding carboxylic acids is 4. The second-order valence-corrected chi connectivity index (χ2v) is 16.3. The van der Waals surface area contributed by atoms with Gasteiger partial charge in [0.2, 0.25) is 17.7 Å². The van der Waals surface area contributed by atoms with Crippen LogP contribution in [0.25, 0.3) is 10.4 Å². The number of carbonyl (C=O) groups is 4. The summed E-state index contributed by atoms with van der Waals surface area (Å²) in [5.74, 6) is -0.209. The molecule has 2 aliphatic carbocycles. The van der Waals surface area contributed by atoms with E-state index in [0.29, 0.717) is 25.5 Å². The fourth-order valence-corrected chi connectivity index (χ4v) is 8.35. The summed E-state index contributed by atoms with van der Waals surface area (Å²) in [5, 5.41) is 12.5. The number of Topliss-reactive ketones (excluding diaryl/α,β-unsaturated/α-hetero) is 1. The molecule has 3 fully saturated rings. The zero-order chi connectivity index (χ0) is 38.7. The van der Waals surface area contributed by atoms with Crippen LogP contribution in [0.15, 0.2) is 59.7 Å². The highest BCUT2D eigenvalue weighted by molar-refractivity contribution is 5.98. The summed E-state index contributed by atoms with van der Waals surface area (Å²) in [5.41, 5.74) is 16.6. The van der Waals surface area contributed by atoms with Crippen molar-refractivity contribution in [2.24, 2.45) is 34.5 Å². The molecule has 1 heterocycles. The Kier molecular flexibility index (Phi) is 14.7. The van der Waals surface area contributed by atoms with Gasteiger partial charge in [-0.1, -0.05) is 119 Å². The van der Waals surface area contributed by atoms with E-state index in [9.17, 15) is 24.7 Å². The molecular formula is C42H59N7O5. The number of ketones is 1. The molecule has 5 atom stereocenters. The zero-order valence-corrected chi connectivity index (χ0v) is 32.2. The smallest absolute Gasteiger partial charge is 0.243 e. The molecule has 5 rings (SSSR count). The van der Waals surface area contributed by atoms with Gasteiger partial charge in [-0.05, 0) is 78.5 Å². The number of azide groups is 1. The first-order valence-electron chi connectivity index (χ1n) is 19.9. The molecule has 3 aliphatic rings. The van der Waals surface area contributed by atoms with E-state index in [-0.39, 0.29) is 24.5 Å². The molecule has 2 aromatic carbocycles. The molecule has 0 aromatic heterocycles. The molecule has 292 valence electrons. The monoisotopic (exact) mass is 741 g/mol. The molecule has 2 aromatic rings. The summed E-state index contributed by atoms with van der Waals surface area (Å²) in [6.07, 6.45) is 11.9. The third-order valence-electron chi connectivity index (χ3n) is 11.9. The molecule has 0 unspecified atom stereocenters. The van der Waals surface area contributed by atoms with E-state index in [0.717, 1.165) is 54.2 Å². The number of ether oxygens (including phenoxy) is 1. The van der Waals surface area contributed by atoms with E-state index in [2.05, 4.69) is 26.0 Å². The van der Waals surface area contributed by atoms with Crippen LogP contribution in [0, 0.1) is 23.7 Å². The fraction of sp³-hybridized carbons (Fsp3) is 0.619. The maximum absolute atomic E-state index is 14.1. The SMILES string of the molecule is CC(C)[C@H](NC(=O)[C@H](Cc1ccc(CN)cc1)NC(=O)[C@H](Cc1ccccc1)N=[N+]=[N-])C(=O)N[C@@H](CC1CCC(C2CCCCC2)CC1)C(=O)[C@@]1(C)CO1. The summed E-state index contributed by atoms with van der Waals surface area (Å²) >= 11 is 0. The van der Waals surface area contributed by atoms with Crippen LogP contribution >= 0.6 is 0 Å². The number of rotatable bonds is 18. The summed E-state index contributed by atoms with van der Waals surface area (Å²) in [6.45, 7) is 6.11. The van der Waals surface area contributed by atoms with Crippen molar-refractivity contribution in [2.45, 2.75) is 134 Å². The quantitative estimate of drug-likeness (QED) is 0.0641. The maximum Gasteiger partial charge on any atom is 0.243 e. The van der Waals surface area contributed by atoms with Crippen LogP contribution in [0.5, 0.6) is 0 Å². The van der Waals surface area contributed by atoms with E-state index in [1.807, 2.05) is 68.4 Å². The highest BCUT2D eigenvalue weighted by atomic mass is 16.6. The number of hydrogen-bond donors (Lipinski definition) is 4. The van der Waals surface area contributed by atoms with E-state index < -0.39 is 47.5 Å². The molecule has 12 heteroatoms. The topological polar surface area (TPSA) is 192 Å². The van der Waals surface area contributed by atoms with Crippen LogP contribution in [0.4, 0.5) is 0 Å². The number of epoxide rings is 1. The van der Waals surface area contributed by atoms with Crippen molar-refractivity contribution < 1.29 is 23.9 Å². The summed E-state index contributed by atoms with van der Waals surface area (Å²) in [7, 11) is 0. The Bertz CT molecular complexity index is 1610. The van der Waals surface area contributed by atoms with Gasteiger partial charge in [0.15, 0.2) is 5.78 Å². The Morgan fingerprint density at radius 2 is 1.39 bits per heavy atom. The molecule has 12 nitrogen and oxygen atoms in total. The lowest BCUT2D eigenvalue weighted by Crippen LogP contribution is -2.59. The molecular weight excluding hydrogens is 683 g/mol. The van der Waals surface area contributed by atoms with E-state index >= 15 is 0 Å². The number of amides is 3. The van der Waals surface area contributed by atoms with Gasteiger partial charge in [0.05, 0.1) is 12.6 Å². The van der Waals surface area contributed by atoms with Crippen molar-refractivity contribution in [1.29, 1.82) is 0 Å². The fourth-order valence-electron chi connectivity index (χ4n) is 8.35. The van der Waals surface area contributed by atoms with Crippen LogP contribution in [0.2, 0.25) is 0 Å². The van der Waals surface area contributed by atoms with Gasteiger partial charge in [-0.25, -0.2) is 0 Å².